The number of ether oxygens (including phenoxy) is 2. The van der Waals surface area contributed by atoms with E-state index in [1.165, 1.54) is 18.2 Å². The first-order valence-electron chi connectivity index (χ1n) is 15.0. The lowest BCUT2D eigenvalue weighted by Gasteiger charge is -2.16. The Morgan fingerprint density at radius 2 is 1.27 bits per heavy atom. The van der Waals surface area contributed by atoms with Crippen LogP contribution in [0.3, 0.4) is 0 Å². The number of hydrogen-bond acceptors (Lipinski definition) is 11. The molecular formula is C34H28Br4N4O9. The summed E-state index contributed by atoms with van der Waals surface area (Å²) in [6, 6.07) is 15.8. The van der Waals surface area contributed by atoms with E-state index in [4.69, 9.17) is 9.47 Å². The molecule has 4 aliphatic rings. The minimum absolute atomic E-state index is 0.00513. The van der Waals surface area contributed by atoms with Crippen LogP contribution in [0, 0.1) is 0 Å². The van der Waals surface area contributed by atoms with Crippen LogP contribution in [0.2, 0.25) is 0 Å². The molecule has 4 aliphatic heterocycles. The summed E-state index contributed by atoms with van der Waals surface area (Å²) in [4.78, 5) is 25.9. The molecule has 0 spiro atoms. The highest BCUT2D eigenvalue weighted by Gasteiger charge is 2.21. The molecule has 4 heterocycles. The summed E-state index contributed by atoms with van der Waals surface area (Å²) in [5.74, 6) is -0.952. The molecule has 0 unspecified atom stereocenters. The lowest BCUT2D eigenvalue weighted by molar-refractivity contribution is -0.116. The van der Waals surface area contributed by atoms with Crippen LogP contribution in [-0.2, 0) is 28.9 Å². The predicted octanol–water partition coefficient (Wildman–Crippen LogP) is 7.00. The number of halogens is 4. The number of hydrogen-bond donors (Lipinski definition) is 7. The second-order valence-corrected chi connectivity index (χ2v) is 14.6. The molecular weight excluding hydrogens is 928 g/mol. The highest BCUT2D eigenvalue weighted by Crippen LogP contribution is 2.43. The second-order valence-electron chi connectivity index (χ2n) is 11.2. The smallest absolute Gasteiger partial charge is 0.269 e. The number of benzene rings is 4. The van der Waals surface area contributed by atoms with Gasteiger partial charge in [-0.25, -0.2) is 0 Å². The van der Waals surface area contributed by atoms with Crippen LogP contribution in [0.5, 0.6) is 34.5 Å². The summed E-state index contributed by atoms with van der Waals surface area (Å²) in [7, 11) is 0. The molecule has 0 saturated carbocycles. The molecule has 4 aromatic rings. The van der Waals surface area contributed by atoms with E-state index >= 15 is 0 Å². The fourth-order valence-electron chi connectivity index (χ4n) is 4.99. The molecule has 0 radical (unpaired) electrons. The molecule has 2 amide bonds. The summed E-state index contributed by atoms with van der Waals surface area (Å²) < 4.78 is 13.6. The quantitative estimate of drug-likeness (QED) is 0.0716. The standard InChI is InChI=1S/C34H28Br4N4O9/c35-20-14-19-2-4-28(20)50-29-12-16(1-3-26(29)43)5-6-39-33(46)24(41-48)10-17-8-22(37)32(23(38)9-17)51-30-13-18(7-21(36)31(30)45)11-25(42-49)34(47)40-15-27(19)44/h1-4,7-9,12-14,27,43-45,48-49H,5-6,10-11,15H2,(H,39,46)(H,40,47)/t27-/m0/s1. The van der Waals surface area contributed by atoms with Gasteiger partial charge < -0.3 is 45.8 Å². The Morgan fingerprint density at radius 1 is 0.667 bits per heavy atom. The SMILES string of the molecule is O=C1NCCc2ccc(O)c(c2)Oc2ccc(cc2Br)[C@@H](O)CNC(=O)C(=NO)Cc2cc(Br)c(O)c(c2)Oc2c(Br)cc(cc2Br)CC1=NO. The largest absolute Gasteiger partial charge is 0.504 e. The van der Waals surface area contributed by atoms with Crippen LogP contribution in [0.4, 0.5) is 0 Å². The molecule has 0 aliphatic carbocycles. The lowest BCUT2D eigenvalue weighted by Crippen LogP contribution is -2.35. The van der Waals surface area contributed by atoms with E-state index in [0.29, 0.717) is 42.3 Å². The van der Waals surface area contributed by atoms with Gasteiger partial charge >= 0.3 is 0 Å². The van der Waals surface area contributed by atoms with Crippen molar-refractivity contribution in [3.8, 4) is 34.5 Å². The van der Waals surface area contributed by atoms with Gasteiger partial charge in [-0.05, 0) is 141 Å². The minimum atomic E-state index is -1.15. The van der Waals surface area contributed by atoms with E-state index in [1.54, 1.807) is 42.5 Å². The van der Waals surface area contributed by atoms with Crippen molar-refractivity contribution in [3.05, 3.63) is 101 Å². The lowest BCUT2D eigenvalue weighted by atomic mass is 10.1. The molecule has 0 aromatic heterocycles. The Labute approximate surface area is 324 Å². The normalized spacial score (nSPS) is 17.6. The molecule has 266 valence electrons. The summed E-state index contributed by atoms with van der Waals surface area (Å²) in [6.45, 7) is -0.0416. The van der Waals surface area contributed by atoms with Crippen molar-refractivity contribution in [2.24, 2.45) is 10.3 Å². The number of nitrogens with one attached hydrogen (secondary N) is 2. The average Bonchev–Trinajstić information content (AvgIpc) is 3.10. The average molecular weight is 956 g/mol. The molecule has 0 saturated heterocycles. The van der Waals surface area contributed by atoms with Gasteiger partial charge in [0.15, 0.2) is 28.7 Å². The van der Waals surface area contributed by atoms with Crippen molar-refractivity contribution in [2.45, 2.75) is 25.4 Å². The third kappa shape index (κ3) is 9.39. The maximum atomic E-state index is 13.0. The number of carbonyl (C=O) groups is 2. The number of oxime groups is 2. The highest BCUT2D eigenvalue weighted by atomic mass is 79.9. The molecule has 51 heavy (non-hydrogen) atoms. The van der Waals surface area contributed by atoms with E-state index in [2.05, 4.69) is 84.7 Å². The molecule has 0 fully saturated rings. The van der Waals surface area contributed by atoms with Gasteiger partial charge in [0.05, 0.1) is 24.0 Å². The van der Waals surface area contributed by atoms with Crippen LogP contribution < -0.4 is 20.1 Å². The number of amides is 2. The Bertz CT molecular complexity index is 2040. The van der Waals surface area contributed by atoms with Crippen molar-refractivity contribution in [1.82, 2.24) is 10.6 Å². The van der Waals surface area contributed by atoms with Crippen LogP contribution in [-0.4, -0.2) is 62.1 Å². The first-order valence-corrected chi connectivity index (χ1v) is 18.2. The Balaban J connectivity index is 1.48. The van der Waals surface area contributed by atoms with E-state index in [1.807, 2.05) is 0 Å². The minimum Gasteiger partial charge on any atom is -0.504 e. The van der Waals surface area contributed by atoms with E-state index in [0.717, 1.165) is 5.56 Å². The van der Waals surface area contributed by atoms with Gasteiger partial charge in [0.1, 0.15) is 17.2 Å². The number of phenolic OH excluding ortho intramolecular Hbond substituents is 2. The molecule has 8 rings (SSSR count). The van der Waals surface area contributed by atoms with E-state index in [9.17, 15) is 35.3 Å². The number of nitrogens with zero attached hydrogens (tertiary/aromatic N) is 2. The number of aromatic hydroxyl groups is 2. The number of carbonyl (C=O) groups excluding carboxylic acids is 2. The van der Waals surface area contributed by atoms with Gasteiger partial charge in [-0.1, -0.05) is 22.4 Å². The van der Waals surface area contributed by atoms with Crippen LogP contribution in [0.1, 0.15) is 28.4 Å². The number of aliphatic hydroxyl groups excluding tert-OH is 1. The van der Waals surface area contributed by atoms with Crippen molar-refractivity contribution >= 4 is 87.0 Å². The summed E-state index contributed by atoms with van der Waals surface area (Å²) >= 11 is 13.6. The third-order valence-corrected chi connectivity index (χ3v) is 10.0. The van der Waals surface area contributed by atoms with Crippen molar-refractivity contribution in [3.63, 3.8) is 0 Å². The van der Waals surface area contributed by atoms with Gasteiger partial charge in [-0.3, -0.25) is 9.59 Å². The van der Waals surface area contributed by atoms with Gasteiger partial charge in [0, 0.05) is 25.9 Å². The zero-order valence-electron chi connectivity index (χ0n) is 26.2. The molecule has 13 nitrogen and oxygen atoms in total. The zero-order chi connectivity index (χ0) is 36.8. The maximum Gasteiger partial charge on any atom is 0.269 e. The topological polar surface area (TPSA) is 203 Å². The fourth-order valence-corrected chi connectivity index (χ4v) is 7.40. The van der Waals surface area contributed by atoms with Crippen LogP contribution in [0.15, 0.2) is 88.9 Å². The van der Waals surface area contributed by atoms with Crippen molar-refractivity contribution < 1.29 is 44.8 Å². The maximum absolute atomic E-state index is 13.0. The van der Waals surface area contributed by atoms with Crippen LogP contribution in [0.25, 0.3) is 0 Å². The first kappa shape index (κ1) is 38.1. The first-order chi connectivity index (χ1) is 24.4. The molecule has 1 atom stereocenters. The van der Waals surface area contributed by atoms with Crippen molar-refractivity contribution in [1.29, 1.82) is 0 Å². The number of phenols is 2. The van der Waals surface area contributed by atoms with Gasteiger partial charge in [-0.15, -0.1) is 0 Å². The number of rotatable bonds is 0. The monoisotopic (exact) mass is 952 g/mol. The Kier molecular flexibility index (Phi) is 12.6. The highest BCUT2D eigenvalue weighted by molar-refractivity contribution is 9.11. The Hall–Kier alpha value is -4.16. The van der Waals surface area contributed by atoms with E-state index in [-0.39, 0.29) is 70.6 Å². The number of aliphatic hydroxyl groups is 1. The fraction of sp³-hybridized carbons (Fsp3) is 0.176. The molecule has 4 aromatic carbocycles. The van der Waals surface area contributed by atoms with Gasteiger partial charge in [0.25, 0.3) is 11.8 Å². The third-order valence-electron chi connectivity index (χ3n) is 7.61. The summed E-state index contributed by atoms with van der Waals surface area (Å²) in [6.07, 6.45) is -1.01. The Morgan fingerprint density at radius 3 is 1.92 bits per heavy atom. The van der Waals surface area contributed by atoms with Gasteiger partial charge in [0.2, 0.25) is 0 Å². The molecule has 7 N–H and O–H groups in total. The zero-order valence-corrected chi connectivity index (χ0v) is 32.5. The van der Waals surface area contributed by atoms with Crippen LogP contribution >= 0.6 is 63.7 Å². The summed E-state index contributed by atoms with van der Waals surface area (Å²) in [5.41, 5.74) is 1.75. The molecule has 17 heteroatoms. The van der Waals surface area contributed by atoms with Crippen molar-refractivity contribution in [2.75, 3.05) is 13.1 Å². The summed E-state index contributed by atoms with van der Waals surface area (Å²) in [5, 5.41) is 63.1. The predicted molar refractivity (Wildman–Crippen MR) is 201 cm³/mol. The van der Waals surface area contributed by atoms with E-state index < -0.39 is 17.9 Å². The molecule has 8 bridgehead atoms. The second kappa shape index (κ2) is 16.9. The van der Waals surface area contributed by atoms with Gasteiger partial charge in [-0.2, -0.15) is 0 Å².